The fourth-order valence-electron chi connectivity index (χ4n) is 7.99. The molecule has 1 unspecified atom stereocenters. The molecule has 13 nitrogen and oxygen atoms in total. The highest BCUT2D eigenvalue weighted by Crippen LogP contribution is 2.48. The maximum absolute atomic E-state index is 14.5. The molecule has 0 aliphatic carbocycles. The van der Waals surface area contributed by atoms with Gasteiger partial charge in [-0.3, -0.25) is 14.4 Å². The largest absolute Gasteiger partial charge is 0.496 e. The van der Waals surface area contributed by atoms with Gasteiger partial charge in [-0.05, 0) is 103 Å². The normalized spacial score (nSPS) is 17.0. The topological polar surface area (TPSA) is 170 Å². The number of esters is 1. The van der Waals surface area contributed by atoms with Crippen molar-refractivity contribution in [3.63, 3.8) is 0 Å². The molecule has 13 heteroatoms. The lowest BCUT2D eigenvalue weighted by atomic mass is 9.87. The second-order valence-electron chi connectivity index (χ2n) is 16.8. The predicted octanol–water partition coefficient (Wildman–Crippen LogP) is 7.63. The van der Waals surface area contributed by atoms with Gasteiger partial charge in [0.25, 0.3) is 0 Å². The van der Waals surface area contributed by atoms with Crippen LogP contribution in [0.5, 0.6) is 11.5 Å². The minimum atomic E-state index is -1.15. The molecule has 0 saturated carbocycles. The molecule has 5 aromatic rings. The summed E-state index contributed by atoms with van der Waals surface area (Å²) in [6, 6.07) is 25.8. The summed E-state index contributed by atoms with van der Waals surface area (Å²) in [5.74, 6) is -1.21. The minimum absolute atomic E-state index is 0.00230. The van der Waals surface area contributed by atoms with Crippen LogP contribution >= 0.6 is 0 Å². The number of rotatable bonds is 11. The molecule has 4 N–H and O–H groups in total. The lowest BCUT2D eigenvalue weighted by Crippen LogP contribution is -2.56. The fraction of sp³-hybridized carbons (Fsp3) is 0.353. The van der Waals surface area contributed by atoms with E-state index in [-0.39, 0.29) is 32.4 Å². The van der Waals surface area contributed by atoms with E-state index in [0.717, 1.165) is 43.8 Å². The fourth-order valence-corrected chi connectivity index (χ4v) is 7.99. The number of hydrogen-bond donors (Lipinski definition) is 4. The van der Waals surface area contributed by atoms with E-state index >= 15 is 0 Å². The number of amides is 4. The van der Waals surface area contributed by atoms with Crippen LogP contribution in [0.25, 0.3) is 32.7 Å². The van der Waals surface area contributed by atoms with Gasteiger partial charge in [-0.1, -0.05) is 91.0 Å². The number of fused-ring (bicyclic) bond motifs is 9. The lowest BCUT2D eigenvalue weighted by molar-refractivity contribution is -0.149. The summed E-state index contributed by atoms with van der Waals surface area (Å²) >= 11 is 0. The van der Waals surface area contributed by atoms with E-state index in [9.17, 15) is 24.0 Å². The molecule has 1 aliphatic rings. The summed E-state index contributed by atoms with van der Waals surface area (Å²) in [5, 5.41) is 15.0. The Hall–Kier alpha value is -6.89. The average molecular weight is 871 g/mol. The number of nitrogens with one attached hydrogen (secondary N) is 4. The second kappa shape index (κ2) is 21.5. The molecule has 0 radical (unpaired) electrons. The van der Waals surface area contributed by atoms with Crippen molar-refractivity contribution in [2.75, 3.05) is 20.8 Å². The van der Waals surface area contributed by atoms with E-state index in [1.165, 1.54) is 6.92 Å². The van der Waals surface area contributed by atoms with Crippen LogP contribution in [0.1, 0.15) is 70.1 Å². The zero-order chi connectivity index (χ0) is 45.8. The van der Waals surface area contributed by atoms with Crippen molar-refractivity contribution in [1.29, 1.82) is 0 Å². The van der Waals surface area contributed by atoms with Crippen molar-refractivity contribution in [2.24, 2.45) is 0 Å². The van der Waals surface area contributed by atoms with Crippen LogP contribution in [0.15, 0.2) is 103 Å². The van der Waals surface area contributed by atoms with E-state index < -0.39 is 53.5 Å². The van der Waals surface area contributed by atoms with E-state index in [1.807, 2.05) is 97.1 Å². The molecule has 5 aromatic carbocycles. The molecule has 1 aliphatic heterocycles. The maximum Gasteiger partial charge on any atom is 0.407 e. The van der Waals surface area contributed by atoms with Gasteiger partial charge >= 0.3 is 12.1 Å². The highest BCUT2D eigenvalue weighted by Gasteiger charge is 2.32. The SMILES string of the molecule is COc1c2cc3ccccc3c1-c1c(OC)c(cc3ccccc13)CC(NC(C)=O)C(=O)N[C@H](CCCCNC(=O)OC(C)(C)C)C(=O)N[C@H](C(=O)OCc1ccccc1)CC=CC2. The third kappa shape index (κ3) is 12.0. The molecule has 0 fully saturated rings. The second-order valence-corrected chi connectivity index (χ2v) is 16.8. The number of methoxy groups -OCH3 is 2. The number of benzene rings is 5. The number of carbonyl (C=O) groups excluding carboxylic acids is 5. The molecule has 0 aromatic heterocycles. The van der Waals surface area contributed by atoms with Gasteiger partial charge in [-0.2, -0.15) is 0 Å². The van der Waals surface area contributed by atoms with Gasteiger partial charge in [0.2, 0.25) is 17.7 Å². The third-order valence-electron chi connectivity index (χ3n) is 10.9. The van der Waals surface area contributed by atoms with Crippen molar-refractivity contribution in [2.45, 2.75) is 96.6 Å². The summed E-state index contributed by atoms with van der Waals surface area (Å²) in [7, 11) is 3.21. The highest BCUT2D eigenvalue weighted by molar-refractivity contribution is 6.11. The molecule has 1 heterocycles. The van der Waals surface area contributed by atoms with Crippen LogP contribution in [0.2, 0.25) is 0 Å². The Morgan fingerprint density at radius 3 is 1.98 bits per heavy atom. The van der Waals surface area contributed by atoms with Gasteiger partial charge in [0.15, 0.2) is 0 Å². The quantitative estimate of drug-likeness (QED) is 0.0592. The van der Waals surface area contributed by atoms with Gasteiger partial charge in [-0.25, -0.2) is 9.59 Å². The molecule has 6 rings (SSSR count). The van der Waals surface area contributed by atoms with Crippen LogP contribution in [0.3, 0.4) is 0 Å². The van der Waals surface area contributed by atoms with E-state index in [4.69, 9.17) is 18.9 Å². The first-order chi connectivity index (χ1) is 30.8. The molecule has 3 atom stereocenters. The Morgan fingerprint density at radius 1 is 0.750 bits per heavy atom. The molecule has 0 saturated heterocycles. The molecular weight excluding hydrogens is 813 g/mol. The van der Waals surface area contributed by atoms with Gasteiger partial charge in [-0.15, -0.1) is 0 Å². The first-order valence-electron chi connectivity index (χ1n) is 21.6. The molecule has 64 heavy (non-hydrogen) atoms. The van der Waals surface area contributed by atoms with Gasteiger partial charge in [0, 0.05) is 31.0 Å². The molecule has 4 amide bonds. The summed E-state index contributed by atoms with van der Waals surface area (Å²) in [4.78, 5) is 67.8. The van der Waals surface area contributed by atoms with Crippen molar-refractivity contribution < 1.29 is 42.9 Å². The number of carbonyl (C=O) groups is 5. The van der Waals surface area contributed by atoms with Crippen molar-refractivity contribution >= 4 is 51.3 Å². The smallest absolute Gasteiger partial charge is 0.407 e. The monoisotopic (exact) mass is 870 g/mol. The van der Waals surface area contributed by atoms with Crippen molar-refractivity contribution in [3.05, 3.63) is 120 Å². The summed E-state index contributed by atoms with van der Waals surface area (Å²) < 4.78 is 23.6. The Balaban J connectivity index is 1.44. The zero-order valence-electron chi connectivity index (χ0n) is 37.4. The van der Waals surface area contributed by atoms with Crippen LogP contribution in [-0.2, 0) is 48.1 Å². The molecule has 336 valence electrons. The Labute approximate surface area is 374 Å². The Morgan fingerprint density at radius 2 is 1.36 bits per heavy atom. The van der Waals surface area contributed by atoms with Crippen LogP contribution in [-0.4, -0.2) is 74.3 Å². The van der Waals surface area contributed by atoms with Crippen molar-refractivity contribution in [1.82, 2.24) is 21.3 Å². The van der Waals surface area contributed by atoms with Crippen molar-refractivity contribution in [3.8, 4) is 22.6 Å². The van der Waals surface area contributed by atoms with E-state index in [2.05, 4.69) is 27.3 Å². The number of ether oxygens (including phenoxy) is 4. The van der Waals surface area contributed by atoms with E-state index in [0.29, 0.717) is 36.3 Å². The van der Waals surface area contributed by atoms with Gasteiger partial charge in [0.05, 0.1) is 14.2 Å². The molecule has 4 bridgehead atoms. The summed E-state index contributed by atoms with van der Waals surface area (Å²) in [6.45, 7) is 6.89. The zero-order valence-corrected chi connectivity index (χ0v) is 37.4. The standard InChI is InChI=1S/C51H58N4O9/c1-32(56)53-42-30-37-29-35-21-11-14-24-39(35)44(46(37)62-6)43-38-23-13-10-20-34(38)28-36(45(43)61-5)22-12-15-26-41(49(59)63-31-33-18-8-7-9-19-33)55-47(57)40(54-48(42)58)25-16-17-27-52-50(60)64-51(2,3)4/h7-15,18-21,23-24,28-29,40-42H,16-17,22,25-27,30-31H2,1-6H3,(H,52,60)(H,53,56)(H,54,58)(H,55,57)/t40-,41+,42?/m1/s1. The lowest BCUT2D eigenvalue weighted by Gasteiger charge is -2.26. The summed E-state index contributed by atoms with van der Waals surface area (Å²) in [6.07, 6.45) is 4.69. The number of alkyl carbamates (subject to hydrolysis) is 1. The average Bonchev–Trinajstić information content (AvgIpc) is 3.26. The molecular formula is C51H58N4O9. The number of unbranched alkanes of at least 4 members (excludes halogenated alkanes) is 1. The van der Waals surface area contributed by atoms with Crippen LogP contribution in [0.4, 0.5) is 4.79 Å². The van der Waals surface area contributed by atoms with Gasteiger partial charge < -0.3 is 40.2 Å². The Kier molecular flexibility index (Phi) is 15.6. The van der Waals surface area contributed by atoms with Gasteiger partial charge in [0.1, 0.15) is 41.8 Å². The molecule has 0 spiro atoms. The highest BCUT2D eigenvalue weighted by atomic mass is 16.6. The first kappa shape index (κ1) is 46.6. The Bertz CT molecular complexity index is 2510. The first-order valence-corrected chi connectivity index (χ1v) is 21.6. The summed E-state index contributed by atoms with van der Waals surface area (Å²) in [5.41, 5.74) is 3.18. The maximum atomic E-state index is 14.5. The number of hydrogen-bond acceptors (Lipinski definition) is 9. The third-order valence-corrected chi connectivity index (χ3v) is 10.9. The minimum Gasteiger partial charge on any atom is -0.496 e. The van der Waals surface area contributed by atoms with E-state index in [1.54, 1.807) is 35.0 Å². The van der Waals surface area contributed by atoms with Crippen LogP contribution in [0, 0.1) is 0 Å². The number of allylic oxidation sites excluding steroid dienone is 1. The predicted molar refractivity (Wildman–Crippen MR) is 247 cm³/mol. The van der Waals surface area contributed by atoms with Crippen LogP contribution < -0.4 is 30.7 Å².